The van der Waals surface area contributed by atoms with Crippen molar-refractivity contribution >= 4 is 5.91 Å². The van der Waals surface area contributed by atoms with Crippen LogP contribution in [0.25, 0.3) is 0 Å². The Morgan fingerprint density at radius 2 is 2.20 bits per heavy atom. The third kappa shape index (κ3) is 2.92. The Hall–Kier alpha value is -0.610. The molecule has 0 aliphatic carbocycles. The molecule has 4 nitrogen and oxygen atoms in total. The van der Waals surface area contributed by atoms with Crippen LogP contribution in [0.5, 0.6) is 0 Å². The average molecular weight is 214 g/mol. The molecule has 1 aliphatic rings. The maximum absolute atomic E-state index is 11.8. The van der Waals surface area contributed by atoms with Gasteiger partial charge in [0.05, 0.1) is 5.54 Å². The smallest absolute Gasteiger partial charge is 0.249 e. The fraction of sp³-hybridized carbons (Fsp3) is 0.909. The Balaban J connectivity index is 2.53. The van der Waals surface area contributed by atoms with Crippen molar-refractivity contribution in [1.29, 1.82) is 0 Å². The molecule has 15 heavy (non-hydrogen) atoms. The molecule has 1 atom stereocenters. The molecular formula is C11H22N2O2. The van der Waals surface area contributed by atoms with Crippen LogP contribution in [0.15, 0.2) is 0 Å². The number of nitrogens with two attached hydrogens (primary N) is 1. The first kappa shape index (κ1) is 12.5. The number of amides is 1. The van der Waals surface area contributed by atoms with E-state index in [1.165, 1.54) is 0 Å². The van der Waals surface area contributed by atoms with Crippen LogP contribution in [0, 0.1) is 0 Å². The lowest BCUT2D eigenvalue weighted by Gasteiger charge is -2.32. The molecule has 3 N–H and O–H groups in total. The third-order valence-electron chi connectivity index (χ3n) is 3.35. The minimum atomic E-state index is -0.256. The number of nitrogens with one attached hydrogen (secondary N) is 1. The summed E-state index contributed by atoms with van der Waals surface area (Å²) >= 11 is 0. The maximum Gasteiger partial charge on any atom is 0.249 e. The van der Waals surface area contributed by atoms with Crippen molar-refractivity contribution in [2.24, 2.45) is 5.73 Å². The number of carbonyl (C=O) groups excluding carboxylic acids is 1. The van der Waals surface area contributed by atoms with E-state index in [1.54, 1.807) is 0 Å². The summed E-state index contributed by atoms with van der Waals surface area (Å²) < 4.78 is 5.34. The number of ether oxygens (including phenoxy) is 1. The van der Waals surface area contributed by atoms with Crippen molar-refractivity contribution in [3.05, 3.63) is 0 Å². The van der Waals surface area contributed by atoms with Crippen LogP contribution < -0.4 is 11.1 Å². The summed E-state index contributed by atoms with van der Waals surface area (Å²) in [5, 5.41) is 3.03. The standard InChI is InChI=1S/C11H22N2O2/c1-3-11(4-2,8-12)13-10(14)9-6-5-7-15-9/h9H,3-8,12H2,1-2H3,(H,13,14). The predicted molar refractivity (Wildman–Crippen MR) is 59.5 cm³/mol. The lowest BCUT2D eigenvalue weighted by atomic mass is 9.92. The molecule has 0 aromatic carbocycles. The summed E-state index contributed by atoms with van der Waals surface area (Å²) in [4.78, 5) is 11.8. The van der Waals surface area contributed by atoms with Crippen LogP contribution in [0.3, 0.4) is 0 Å². The zero-order valence-electron chi connectivity index (χ0n) is 9.71. The highest BCUT2D eigenvalue weighted by Gasteiger charge is 2.31. The minimum Gasteiger partial charge on any atom is -0.368 e. The lowest BCUT2D eigenvalue weighted by molar-refractivity contribution is -0.132. The van der Waals surface area contributed by atoms with Crippen LogP contribution in [0.1, 0.15) is 39.5 Å². The molecule has 1 saturated heterocycles. The van der Waals surface area contributed by atoms with Gasteiger partial charge in [0.15, 0.2) is 0 Å². The highest BCUT2D eigenvalue weighted by molar-refractivity contribution is 5.81. The molecule has 1 aliphatic heterocycles. The molecular weight excluding hydrogens is 192 g/mol. The molecule has 1 amide bonds. The van der Waals surface area contributed by atoms with Crippen molar-refractivity contribution in [3.63, 3.8) is 0 Å². The van der Waals surface area contributed by atoms with Gasteiger partial charge in [0, 0.05) is 13.2 Å². The summed E-state index contributed by atoms with van der Waals surface area (Å²) in [5.41, 5.74) is 5.47. The average Bonchev–Trinajstić information content (AvgIpc) is 2.79. The van der Waals surface area contributed by atoms with Crippen LogP contribution in [-0.2, 0) is 9.53 Å². The topological polar surface area (TPSA) is 64.3 Å². The van der Waals surface area contributed by atoms with Crippen molar-refractivity contribution in [2.75, 3.05) is 13.2 Å². The monoisotopic (exact) mass is 214 g/mol. The van der Waals surface area contributed by atoms with E-state index in [1.807, 2.05) is 13.8 Å². The predicted octanol–water partition coefficient (Wildman–Crippen LogP) is 0.799. The molecule has 88 valence electrons. The van der Waals surface area contributed by atoms with E-state index >= 15 is 0 Å². The first-order valence-electron chi connectivity index (χ1n) is 5.81. The molecule has 1 heterocycles. The van der Waals surface area contributed by atoms with Crippen LogP contribution in [0.2, 0.25) is 0 Å². The van der Waals surface area contributed by atoms with E-state index < -0.39 is 0 Å². The first-order chi connectivity index (χ1) is 7.17. The van der Waals surface area contributed by atoms with Crippen LogP contribution in [0.4, 0.5) is 0 Å². The molecule has 0 bridgehead atoms. The van der Waals surface area contributed by atoms with Crippen molar-refractivity contribution < 1.29 is 9.53 Å². The summed E-state index contributed by atoms with van der Waals surface area (Å²) in [6, 6.07) is 0. The molecule has 0 aromatic rings. The zero-order chi connectivity index (χ0) is 11.3. The van der Waals surface area contributed by atoms with Crippen molar-refractivity contribution in [2.45, 2.75) is 51.2 Å². The Labute approximate surface area is 91.5 Å². The summed E-state index contributed by atoms with van der Waals surface area (Å²) in [6.45, 7) is 5.28. The van der Waals surface area contributed by atoms with Crippen LogP contribution >= 0.6 is 0 Å². The molecule has 0 radical (unpaired) electrons. The Morgan fingerprint density at radius 1 is 1.53 bits per heavy atom. The Morgan fingerprint density at radius 3 is 2.60 bits per heavy atom. The van der Waals surface area contributed by atoms with E-state index in [4.69, 9.17) is 10.5 Å². The molecule has 4 heteroatoms. The van der Waals surface area contributed by atoms with E-state index in [0.717, 1.165) is 25.7 Å². The molecule has 0 saturated carbocycles. The van der Waals surface area contributed by atoms with Gasteiger partial charge in [-0.05, 0) is 25.7 Å². The van der Waals surface area contributed by atoms with Crippen molar-refractivity contribution in [3.8, 4) is 0 Å². The summed E-state index contributed by atoms with van der Waals surface area (Å²) in [5.74, 6) is 0.00153. The van der Waals surface area contributed by atoms with E-state index in [-0.39, 0.29) is 17.6 Å². The fourth-order valence-corrected chi connectivity index (χ4v) is 1.89. The molecule has 1 unspecified atom stereocenters. The van der Waals surface area contributed by atoms with Gasteiger partial charge in [0.1, 0.15) is 6.10 Å². The number of hydrogen-bond donors (Lipinski definition) is 2. The van der Waals surface area contributed by atoms with Gasteiger partial charge in [-0.3, -0.25) is 4.79 Å². The highest BCUT2D eigenvalue weighted by atomic mass is 16.5. The van der Waals surface area contributed by atoms with Gasteiger partial charge in [-0.2, -0.15) is 0 Å². The fourth-order valence-electron chi connectivity index (χ4n) is 1.89. The van der Waals surface area contributed by atoms with Gasteiger partial charge < -0.3 is 15.8 Å². The molecule has 0 spiro atoms. The van der Waals surface area contributed by atoms with E-state index in [0.29, 0.717) is 13.2 Å². The Kier molecular flexibility index (Phi) is 4.54. The van der Waals surface area contributed by atoms with Gasteiger partial charge in [-0.25, -0.2) is 0 Å². The van der Waals surface area contributed by atoms with Gasteiger partial charge in [0.2, 0.25) is 5.91 Å². The summed E-state index contributed by atoms with van der Waals surface area (Å²) in [7, 11) is 0. The van der Waals surface area contributed by atoms with Crippen molar-refractivity contribution in [1.82, 2.24) is 5.32 Å². The first-order valence-corrected chi connectivity index (χ1v) is 5.81. The maximum atomic E-state index is 11.8. The zero-order valence-corrected chi connectivity index (χ0v) is 9.71. The van der Waals surface area contributed by atoms with Gasteiger partial charge >= 0.3 is 0 Å². The Bertz CT molecular complexity index is 200. The highest BCUT2D eigenvalue weighted by Crippen LogP contribution is 2.17. The number of hydrogen-bond acceptors (Lipinski definition) is 3. The third-order valence-corrected chi connectivity index (χ3v) is 3.35. The second-order valence-corrected chi connectivity index (χ2v) is 4.18. The quantitative estimate of drug-likeness (QED) is 0.711. The van der Waals surface area contributed by atoms with E-state index in [2.05, 4.69) is 5.32 Å². The second kappa shape index (κ2) is 5.47. The molecule has 1 rings (SSSR count). The van der Waals surface area contributed by atoms with Gasteiger partial charge in [0.25, 0.3) is 0 Å². The van der Waals surface area contributed by atoms with Crippen LogP contribution in [-0.4, -0.2) is 30.7 Å². The molecule has 1 fully saturated rings. The second-order valence-electron chi connectivity index (χ2n) is 4.18. The minimum absolute atomic E-state index is 0.00153. The lowest BCUT2D eigenvalue weighted by Crippen LogP contribution is -2.55. The number of rotatable bonds is 5. The molecule has 0 aromatic heterocycles. The van der Waals surface area contributed by atoms with Gasteiger partial charge in [-0.15, -0.1) is 0 Å². The van der Waals surface area contributed by atoms with E-state index in [9.17, 15) is 4.79 Å². The normalized spacial score (nSPS) is 21.7. The van der Waals surface area contributed by atoms with Gasteiger partial charge in [-0.1, -0.05) is 13.8 Å². The SMILES string of the molecule is CCC(CC)(CN)NC(=O)C1CCCO1. The largest absolute Gasteiger partial charge is 0.368 e. The summed E-state index contributed by atoms with van der Waals surface area (Å²) in [6.07, 6.45) is 3.28. The number of carbonyl (C=O) groups is 1.